The molecular formula is C16H14BrN3O2. The molecule has 1 heterocycles. The number of carbonyl (C=O) groups is 1. The Bertz CT molecular complexity index is 731. The average molecular weight is 360 g/mol. The van der Waals surface area contributed by atoms with Crippen molar-refractivity contribution in [2.75, 3.05) is 5.01 Å². The molecule has 112 valence electrons. The van der Waals surface area contributed by atoms with Crippen LogP contribution in [0.25, 0.3) is 0 Å². The van der Waals surface area contributed by atoms with Crippen LogP contribution in [0.2, 0.25) is 0 Å². The maximum absolute atomic E-state index is 12.9. The molecule has 0 saturated heterocycles. The zero-order chi connectivity index (χ0) is 15.7. The lowest BCUT2D eigenvalue weighted by Gasteiger charge is -2.26. The summed E-state index contributed by atoms with van der Waals surface area (Å²) < 4.78 is 0.915. The van der Waals surface area contributed by atoms with Gasteiger partial charge in [0.1, 0.15) is 0 Å². The largest absolute Gasteiger partial charge is 0.315 e. The highest BCUT2D eigenvalue weighted by Crippen LogP contribution is 2.34. The predicted octanol–water partition coefficient (Wildman–Crippen LogP) is 3.05. The lowest BCUT2D eigenvalue weighted by molar-refractivity contribution is -0.125. The number of nitrogens with one attached hydrogen (secondary N) is 1. The van der Waals surface area contributed by atoms with Gasteiger partial charge in [0.25, 0.3) is 5.91 Å². The molecule has 3 rings (SSSR count). The zero-order valence-electron chi connectivity index (χ0n) is 11.8. The maximum atomic E-state index is 12.9. The third-order valence-corrected chi connectivity index (χ3v) is 4.28. The van der Waals surface area contributed by atoms with Crippen LogP contribution in [0.15, 0.2) is 64.2 Å². The Morgan fingerprint density at radius 2 is 1.77 bits per heavy atom. The normalized spacial score (nSPS) is 21.1. The number of benzene rings is 2. The molecule has 0 saturated carbocycles. The standard InChI is InChI=1S/C16H14BrN3O2/c1-11-16(19-22,12-5-3-2-4-6-12)15(21)20(18-11)14-9-7-13(17)8-10-14/h2-10,19,22H,1H3. The van der Waals surface area contributed by atoms with Crippen LogP contribution in [0.5, 0.6) is 0 Å². The molecular weight excluding hydrogens is 346 g/mol. The smallest absolute Gasteiger partial charge is 0.280 e. The van der Waals surface area contributed by atoms with Crippen molar-refractivity contribution in [1.29, 1.82) is 0 Å². The third kappa shape index (κ3) is 2.16. The van der Waals surface area contributed by atoms with E-state index in [0.29, 0.717) is 17.0 Å². The number of halogens is 1. The Morgan fingerprint density at radius 1 is 1.14 bits per heavy atom. The predicted molar refractivity (Wildman–Crippen MR) is 87.8 cm³/mol. The summed E-state index contributed by atoms with van der Waals surface area (Å²) >= 11 is 3.36. The van der Waals surface area contributed by atoms with Crippen LogP contribution >= 0.6 is 15.9 Å². The topological polar surface area (TPSA) is 64.9 Å². The summed E-state index contributed by atoms with van der Waals surface area (Å²) in [6.45, 7) is 1.72. The highest BCUT2D eigenvalue weighted by Gasteiger charge is 2.51. The van der Waals surface area contributed by atoms with Crippen molar-refractivity contribution in [1.82, 2.24) is 5.48 Å². The maximum Gasteiger partial charge on any atom is 0.280 e. The first-order valence-electron chi connectivity index (χ1n) is 6.72. The number of amides is 1. The van der Waals surface area contributed by atoms with E-state index < -0.39 is 5.54 Å². The van der Waals surface area contributed by atoms with Crippen LogP contribution in [0.4, 0.5) is 5.69 Å². The van der Waals surface area contributed by atoms with Crippen LogP contribution < -0.4 is 10.5 Å². The molecule has 0 aromatic heterocycles. The van der Waals surface area contributed by atoms with Gasteiger partial charge in [0.15, 0.2) is 5.54 Å². The second-order valence-corrected chi connectivity index (χ2v) is 5.92. The minimum Gasteiger partial charge on any atom is -0.315 e. The number of anilines is 1. The van der Waals surface area contributed by atoms with Crippen molar-refractivity contribution in [3.8, 4) is 0 Å². The van der Waals surface area contributed by atoms with Gasteiger partial charge in [0, 0.05) is 4.47 Å². The van der Waals surface area contributed by atoms with Gasteiger partial charge in [-0.15, -0.1) is 0 Å². The highest BCUT2D eigenvalue weighted by molar-refractivity contribution is 9.10. The SMILES string of the molecule is CC1=NN(c2ccc(Br)cc2)C(=O)C1(NO)c1ccccc1. The molecule has 0 bridgehead atoms. The first-order chi connectivity index (χ1) is 10.6. The van der Waals surface area contributed by atoms with Gasteiger partial charge < -0.3 is 5.21 Å². The lowest BCUT2D eigenvalue weighted by Crippen LogP contribution is -2.53. The Balaban J connectivity index is 2.07. The fraction of sp³-hybridized carbons (Fsp3) is 0.125. The molecule has 2 aromatic carbocycles. The van der Waals surface area contributed by atoms with Gasteiger partial charge in [-0.2, -0.15) is 15.6 Å². The highest BCUT2D eigenvalue weighted by atomic mass is 79.9. The Labute approximate surface area is 136 Å². The molecule has 1 amide bonds. The lowest BCUT2D eigenvalue weighted by atomic mass is 9.86. The van der Waals surface area contributed by atoms with Gasteiger partial charge in [0.2, 0.25) is 0 Å². The molecule has 1 aliphatic heterocycles. The number of hydrogen-bond acceptors (Lipinski definition) is 4. The molecule has 0 aliphatic carbocycles. The first-order valence-corrected chi connectivity index (χ1v) is 7.51. The monoisotopic (exact) mass is 359 g/mol. The Hall–Kier alpha value is -2.02. The van der Waals surface area contributed by atoms with E-state index in [1.54, 1.807) is 31.2 Å². The van der Waals surface area contributed by atoms with Crippen molar-refractivity contribution in [2.45, 2.75) is 12.5 Å². The number of nitrogens with zero attached hydrogens (tertiary/aromatic N) is 2. The molecule has 0 spiro atoms. The van der Waals surface area contributed by atoms with Gasteiger partial charge in [-0.25, -0.2) is 0 Å². The number of hydrogen-bond donors (Lipinski definition) is 2. The molecule has 1 aliphatic rings. The van der Waals surface area contributed by atoms with E-state index >= 15 is 0 Å². The number of hydrazone groups is 1. The van der Waals surface area contributed by atoms with Crippen LogP contribution in [-0.4, -0.2) is 16.8 Å². The summed E-state index contributed by atoms with van der Waals surface area (Å²) in [5.74, 6) is -0.346. The van der Waals surface area contributed by atoms with Crippen LogP contribution in [0, 0.1) is 0 Å². The van der Waals surface area contributed by atoms with E-state index in [1.165, 1.54) is 5.01 Å². The second-order valence-electron chi connectivity index (χ2n) is 5.01. The molecule has 6 heteroatoms. The zero-order valence-corrected chi connectivity index (χ0v) is 13.4. The summed E-state index contributed by atoms with van der Waals surface area (Å²) in [7, 11) is 0. The number of hydroxylamine groups is 1. The van der Waals surface area contributed by atoms with E-state index in [-0.39, 0.29) is 5.91 Å². The summed E-state index contributed by atoms with van der Waals surface area (Å²) in [6.07, 6.45) is 0. The van der Waals surface area contributed by atoms with E-state index in [2.05, 4.69) is 26.5 Å². The van der Waals surface area contributed by atoms with Gasteiger partial charge in [-0.3, -0.25) is 4.79 Å². The molecule has 1 unspecified atom stereocenters. The first kappa shape index (κ1) is 14.9. The van der Waals surface area contributed by atoms with Crippen LogP contribution in [0.3, 0.4) is 0 Å². The number of rotatable bonds is 3. The summed E-state index contributed by atoms with van der Waals surface area (Å²) in [5.41, 5.74) is 2.58. The second kappa shape index (κ2) is 5.64. The Kier molecular flexibility index (Phi) is 3.82. The molecule has 0 fully saturated rings. The van der Waals surface area contributed by atoms with Gasteiger partial charge >= 0.3 is 0 Å². The number of carbonyl (C=O) groups excluding carboxylic acids is 1. The van der Waals surface area contributed by atoms with Gasteiger partial charge in [-0.1, -0.05) is 46.3 Å². The van der Waals surface area contributed by atoms with E-state index in [9.17, 15) is 10.0 Å². The molecule has 22 heavy (non-hydrogen) atoms. The fourth-order valence-corrected chi connectivity index (χ4v) is 2.82. The van der Waals surface area contributed by atoms with Crippen molar-refractivity contribution < 1.29 is 10.0 Å². The fourth-order valence-electron chi connectivity index (χ4n) is 2.56. The van der Waals surface area contributed by atoms with E-state index in [1.807, 2.05) is 30.3 Å². The van der Waals surface area contributed by atoms with Gasteiger partial charge in [-0.05, 0) is 36.8 Å². The summed E-state index contributed by atoms with van der Waals surface area (Å²) in [5, 5.41) is 15.4. The quantitative estimate of drug-likeness (QED) is 0.827. The van der Waals surface area contributed by atoms with Crippen molar-refractivity contribution >= 4 is 33.2 Å². The molecule has 2 aromatic rings. The van der Waals surface area contributed by atoms with E-state index in [4.69, 9.17) is 0 Å². The van der Waals surface area contributed by atoms with Crippen molar-refractivity contribution in [3.63, 3.8) is 0 Å². The van der Waals surface area contributed by atoms with Crippen LogP contribution in [-0.2, 0) is 10.3 Å². The summed E-state index contributed by atoms with van der Waals surface area (Å²) in [4.78, 5) is 12.9. The van der Waals surface area contributed by atoms with Crippen molar-refractivity contribution in [3.05, 3.63) is 64.6 Å². The minimum absolute atomic E-state index is 0.346. The van der Waals surface area contributed by atoms with Crippen molar-refractivity contribution in [2.24, 2.45) is 5.10 Å². The van der Waals surface area contributed by atoms with Crippen LogP contribution in [0.1, 0.15) is 12.5 Å². The Morgan fingerprint density at radius 3 is 2.36 bits per heavy atom. The molecule has 1 atom stereocenters. The molecule has 5 nitrogen and oxygen atoms in total. The molecule has 2 N–H and O–H groups in total. The van der Waals surface area contributed by atoms with E-state index in [0.717, 1.165) is 4.47 Å². The minimum atomic E-state index is -1.35. The van der Waals surface area contributed by atoms with Gasteiger partial charge in [0.05, 0.1) is 11.4 Å². The summed E-state index contributed by atoms with van der Waals surface area (Å²) in [6, 6.07) is 16.3. The average Bonchev–Trinajstić information content (AvgIpc) is 2.81. The third-order valence-electron chi connectivity index (χ3n) is 3.75. The molecule has 0 radical (unpaired) electrons.